The fraction of sp³-hybridized carbons (Fsp3) is 0.524. The SMILES string of the molecule is CC[C@@H](C)CC(=O)N[C@]1(c2ccc(C#N)c3nccnc23)CNC[C@@H](C)C1. The molecular formula is C21H27N5O. The van der Waals surface area contributed by atoms with Crippen molar-refractivity contribution in [1.29, 1.82) is 5.26 Å². The average molecular weight is 365 g/mol. The summed E-state index contributed by atoms with van der Waals surface area (Å²) in [5.41, 5.74) is 2.16. The Morgan fingerprint density at radius 2 is 2.15 bits per heavy atom. The second-order valence-corrected chi connectivity index (χ2v) is 7.81. The van der Waals surface area contributed by atoms with Crippen molar-refractivity contribution in [3.05, 3.63) is 35.7 Å². The van der Waals surface area contributed by atoms with Crippen molar-refractivity contribution < 1.29 is 4.79 Å². The highest BCUT2D eigenvalue weighted by molar-refractivity contribution is 5.86. The first-order valence-electron chi connectivity index (χ1n) is 9.65. The number of nitrogens with zero attached hydrogens (tertiary/aromatic N) is 3. The molecule has 1 saturated heterocycles. The lowest BCUT2D eigenvalue weighted by Gasteiger charge is -2.42. The lowest BCUT2D eigenvalue weighted by Crippen LogP contribution is -2.57. The largest absolute Gasteiger partial charge is 0.345 e. The number of nitrogens with one attached hydrogen (secondary N) is 2. The number of nitriles is 1. The van der Waals surface area contributed by atoms with E-state index in [-0.39, 0.29) is 5.91 Å². The quantitative estimate of drug-likeness (QED) is 0.850. The molecule has 0 unspecified atom stereocenters. The molecule has 3 rings (SSSR count). The van der Waals surface area contributed by atoms with Crippen LogP contribution in [0, 0.1) is 23.2 Å². The van der Waals surface area contributed by atoms with Crippen molar-refractivity contribution >= 4 is 16.9 Å². The zero-order valence-electron chi connectivity index (χ0n) is 16.2. The highest BCUT2D eigenvalue weighted by atomic mass is 16.1. The maximum atomic E-state index is 12.8. The normalized spacial score (nSPS) is 23.6. The van der Waals surface area contributed by atoms with Gasteiger partial charge in [0.1, 0.15) is 11.6 Å². The first-order valence-corrected chi connectivity index (χ1v) is 9.65. The smallest absolute Gasteiger partial charge is 0.221 e. The van der Waals surface area contributed by atoms with Gasteiger partial charge >= 0.3 is 0 Å². The Morgan fingerprint density at radius 1 is 1.41 bits per heavy atom. The van der Waals surface area contributed by atoms with Crippen LogP contribution in [0.25, 0.3) is 11.0 Å². The minimum Gasteiger partial charge on any atom is -0.345 e. The summed E-state index contributed by atoms with van der Waals surface area (Å²) in [6.45, 7) is 7.93. The Labute approximate surface area is 160 Å². The average Bonchev–Trinajstić information content (AvgIpc) is 2.66. The van der Waals surface area contributed by atoms with E-state index in [0.29, 0.717) is 41.4 Å². The van der Waals surface area contributed by atoms with Crippen LogP contribution in [0.5, 0.6) is 0 Å². The van der Waals surface area contributed by atoms with Gasteiger partial charge in [-0.1, -0.05) is 33.3 Å². The summed E-state index contributed by atoms with van der Waals surface area (Å²) < 4.78 is 0. The van der Waals surface area contributed by atoms with E-state index < -0.39 is 5.54 Å². The van der Waals surface area contributed by atoms with E-state index >= 15 is 0 Å². The summed E-state index contributed by atoms with van der Waals surface area (Å²) in [5, 5.41) is 16.2. The number of hydrogen-bond donors (Lipinski definition) is 2. The van der Waals surface area contributed by atoms with Crippen molar-refractivity contribution in [3.8, 4) is 6.07 Å². The molecule has 1 aromatic carbocycles. The third-order valence-electron chi connectivity index (χ3n) is 5.49. The predicted molar refractivity (Wildman–Crippen MR) is 105 cm³/mol. The Hall–Kier alpha value is -2.52. The van der Waals surface area contributed by atoms with Gasteiger partial charge in [-0.15, -0.1) is 0 Å². The minimum absolute atomic E-state index is 0.0571. The van der Waals surface area contributed by atoms with E-state index in [1.165, 1.54) is 0 Å². The molecule has 3 atom stereocenters. The summed E-state index contributed by atoms with van der Waals surface area (Å²) in [4.78, 5) is 21.7. The van der Waals surface area contributed by atoms with Crippen LogP contribution in [-0.4, -0.2) is 29.0 Å². The number of carbonyl (C=O) groups excluding carboxylic acids is 1. The van der Waals surface area contributed by atoms with Crippen molar-refractivity contribution in [2.75, 3.05) is 13.1 Å². The molecule has 27 heavy (non-hydrogen) atoms. The number of amides is 1. The van der Waals surface area contributed by atoms with E-state index in [2.05, 4.69) is 47.4 Å². The molecule has 6 nitrogen and oxygen atoms in total. The molecule has 0 saturated carbocycles. The van der Waals surface area contributed by atoms with Gasteiger partial charge in [0.05, 0.1) is 16.6 Å². The van der Waals surface area contributed by atoms with Crippen LogP contribution in [0.4, 0.5) is 0 Å². The number of carbonyl (C=O) groups is 1. The number of fused-ring (bicyclic) bond motifs is 1. The van der Waals surface area contributed by atoms with Crippen molar-refractivity contribution in [2.24, 2.45) is 11.8 Å². The molecule has 0 spiro atoms. The van der Waals surface area contributed by atoms with Gasteiger partial charge in [0.2, 0.25) is 5.91 Å². The third-order valence-corrected chi connectivity index (χ3v) is 5.49. The summed E-state index contributed by atoms with van der Waals surface area (Å²) >= 11 is 0. The molecule has 1 aromatic heterocycles. The zero-order valence-corrected chi connectivity index (χ0v) is 16.2. The molecule has 1 amide bonds. The molecule has 0 radical (unpaired) electrons. The van der Waals surface area contributed by atoms with Crippen LogP contribution in [0.2, 0.25) is 0 Å². The minimum atomic E-state index is -0.551. The molecule has 1 aliphatic heterocycles. The van der Waals surface area contributed by atoms with E-state index in [0.717, 1.165) is 24.9 Å². The first kappa shape index (κ1) is 19.2. The highest BCUT2D eigenvalue weighted by Crippen LogP contribution is 2.35. The molecule has 2 heterocycles. The summed E-state index contributed by atoms with van der Waals surface area (Å²) in [6.07, 6.45) is 5.54. The Kier molecular flexibility index (Phi) is 5.71. The third kappa shape index (κ3) is 3.93. The Bertz CT molecular complexity index is 874. The number of piperidine rings is 1. The van der Waals surface area contributed by atoms with Crippen molar-refractivity contribution in [2.45, 2.75) is 45.6 Å². The highest BCUT2D eigenvalue weighted by Gasteiger charge is 2.40. The molecule has 0 aliphatic carbocycles. The number of rotatable bonds is 5. The number of hydrogen-bond acceptors (Lipinski definition) is 5. The molecule has 0 bridgehead atoms. The van der Waals surface area contributed by atoms with Gasteiger partial charge in [-0.25, -0.2) is 0 Å². The van der Waals surface area contributed by atoms with E-state index in [1.807, 2.05) is 6.07 Å². The van der Waals surface area contributed by atoms with Gasteiger partial charge in [-0.3, -0.25) is 14.8 Å². The Balaban J connectivity index is 2.08. The zero-order chi connectivity index (χ0) is 19.4. The van der Waals surface area contributed by atoms with E-state index in [9.17, 15) is 10.1 Å². The van der Waals surface area contributed by atoms with E-state index in [1.54, 1.807) is 18.5 Å². The standard InChI is InChI=1S/C21H27N5O/c1-4-14(2)9-18(27)26-21(10-15(3)12-23-13-21)17-6-5-16(11-22)19-20(17)25-8-7-24-19/h5-8,14-15,23H,4,9-10,12-13H2,1-3H3,(H,26,27)/t14-,15+,21+/m1/s1. The van der Waals surface area contributed by atoms with Gasteiger partial charge in [-0.2, -0.15) is 5.26 Å². The molecule has 1 fully saturated rings. The Morgan fingerprint density at radius 3 is 2.81 bits per heavy atom. The maximum absolute atomic E-state index is 12.8. The van der Waals surface area contributed by atoms with Gasteiger partial charge in [0.25, 0.3) is 0 Å². The van der Waals surface area contributed by atoms with Crippen molar-refractivity contribution in [1.82, 2.24) is 20.6 Å². The second kappa shape index (κ2) is 8.01. The van der Waals surface area contributed by atoms with Gasteiger partial charge in [-0.05, 0) is 30.9 Å². The number of aromatic nitrogens is 2. The molecule has 6 heteroatoms. The number of benzene rings is 1. The predicted octanol–water partition coefficient (Wildman–Crippen LogP) is 2.88. The summed E-state index contributed by atoms with van der Waals surface area (Å²) in [5.74, 6) is 0.806. The first-order chi connectivity index (χ1) is 13.0. The lowest BCUT2D eigenvalue weighted by molar-refractivity contribution is -0.124. The van der Waals surface area contributed by atoms with Crippen LogP contribution >= 0.6 is 0 Å². The fourth-order valence-corrected chi connectivity index (χ4v) is 3.95. The molecular weight excluding hydrogens is 338 g/mol. The van der Waals surface area contributed by atoms with Gasteiger partial charge in [0.15, 0.2) is 0 Å². The van der Waals surface area contributed by atoms with Gasteiger partial charge < -0.3 is 10.6 Å². The van der Waals surface area contributed by atoms with Crippen LogP contribution < -0.4 is 10.6 Å². The topological polar surface area (TPSA) is 90.7 Å². The summed E-state index contributed by atoms with van der Waals surface area (Å²) in [6, 6.07) is 5.91. The van der Waals surface area contributed by atoms with E-state index in [4.69, 9.17) is 0 Å². The second-order valence-electron chi connectivity index (χ2n) is 7.81. The van der Waals surface area contributed by atoms with Crippen molar-refractivity contribution in [3.63, 3.8) is 0 Å². The molecule has 1 aliphatic rings. The van der Waals surface area contributed by atoms with Crippen LogP contribution in [0.3, 0.4) is 0 Å². The summed E-state index contributed by atoms with van der Waals surface area (Å²) in [7, 11) is 0. The lowest BCUT2D eigenvalue weighted by atomic mass is 9.77. The van der Waals surface area contributed by atoms with Crippen LogP contribution in [-0.2, 0) is 10.3 Å². The molecule has 142 valence electrons. The fourth-order valence-electron chi connectivity index (χ4n) is 3.95. The molecule has 2 aromatic rings. The molecule has 2 N–H and O–H groups in total. The van der Waals surface area contributed by atoms with Crippen LogP contribution in [0.15, 0.2) is 24.5 Å². The monoisotopic (exact) mass is 365 g/mol. The van der Waals surface area contributed by atoms with Gasteiger partial charge in [0, 0.05) is 30.9 Å². The van der Waals surface area contributed by atoms with Crippen LogP contribution in [0.1, 0.15) is 51.2 Å². The maximum Gasteiger partial charge on any atom is 0.221 e.